The van der Waals surface area contributed by atoms with Crippen molar-refractivity contribution in [2.45, 2.75) is 40.0 Å². The van der Waals surface area contributed by atoms with Gasteiger partial charge in [0, 0.05) is 33.0 Å². The third-order valence-electron chi connectivity index (χ3n) is 2.25. The molecule has 0 unspecified atom stereocenters. The molecule has 0 aliphatic rings. The summed E-state index contributed by atoms with van der Waals surface area (Å²) < 4.78 is 0. The van der Waals surface area contributed by atoms with Crippen molar-refractivity contribution in [3.63, 3.8) is 0 Å². The second-order valence-corrected chi connectivity index (χ2v) is 3.56. The number of amides is 2. The van der Waals surface area contributed by atoms with E-state index in [1.165, 1.54) is 0 Å². The first-order valence-corrected chi connectivity index (χ1v) is 5.64. The van der Waals surface area contributed by atoms with Gasteiger partial charge in [-0.05, 0) is 6.42 Å². The zero-order valence-electron chi connectivity index (χ0n) is 10.0. The fourth-order valence-corrected chi connectivity index (χ4v) is 1.23. The van der Waals surface area contributed by atoms with E-state index in [1.54, 1.807) is 11.8 Å². The molecule has 0 aromatic rings. The highest BCUT2D eigenvalue weighted by Crippen LogP contribution is 1.95. The maximum atomic E-state index is 11.2. The average molecular weight is 214 g/mol. The van der Waals surface area contributed by atoms with E-state index in [1.807, 2.05) is 6.92 Å². The molecule has 0 aromatic heterocycles. The molecule has 0 saturated heterocycles. The van der Waals surface area contributed by atoms with Gasteiger partial charge in [0.05, 0.1) is 0 Å². The third kappa shape index (κ3) is 6.94. The third-order valence-corrected chi connectivity index (χ3v) is 2.25. The van der Waals surface area contributed by atoms with E-state index in [0.717, 1.165) is 19.4 Å². The van der Waals surface area contributed by atoms with Crippen LogP contribution in [0.25, 0.3) is 0 Å². The zero-order valence-corrected chi connectivity index (χ0v) is 10.0. The Kier molecular flexibility index (Phi) is 7.68. The monoisotopic (exact) mass is 214 g/mol. The van der Waals surface area contributed by atoms with Gasteiger partial charge in [0.15, 0.2) is 0 Å². The molecule has 4 heteroatoms. The fourth-order valence-electron chi connectivity index (χ4n) is 1.23. The van der Waals surface area contributed by atoms with Gasteiger partial charge in [-0.2, -0.15) is 0 Å². The minimum Gasteiger partial charge on any atom is -0.354 e. The van der Waals surface area contributed by atoms with E-state index >= 15 is 0 Å². The summed E-state index contributed by atoms with van der Waals surface area (Å²) in [7, 11) is 0. The van der Waals surface area contributed by atoms with Crippen molar-refractivity contribution >= 4 is 11.8 Å². The van der Waals surface area contributed by atoms with Crippen LogP contribution in [0.2, 0.25) is 0 Å². The number of carbonyl (C=O) groups is 2. The lowest BCUT2D eigenvalue weighted by Crippen LogP contribution is -2.37. The summed E-state index contributed by atoms with van der Waals surface area (Å²) in [6, 6.07) is 0. The van der Waals surface area contributed by atoms with E-state index in [-0.39, 0.29) is 11.8 Å². The largest absolute Gasteiger partial charge is 0.354 e. The van der Waals surface area contributed by atoms with Gasteiger partial charge in [-0.25, -0.2) is 0 Å². The van der Waals surface area contributed by atoms with Gasteiger partial charge in [0.2, 0.25) is 11.8 Å². The van der Waals surface area contributed by atoms with Crippen LogP contribution in [0.3, 0.4) is 0 Å². The first-order valence-electron chi connectivity index (χ1n) is 5.64. The first kappa shape index (κ1) is 13.9. The maximum Gasteiger partial charge on any atom is 0.219 e. The van der Waals surface area contributed by atoms with Crippen LogP contribution in [0, 0.1) is 0 Å². The molecule has 0 atom stereocenters. The quantitative estimate of drug-likeness (QED) is 0.691. The smallest absolute Gasteiger partial charge is 0.219 e. The second kappa shape index (κ2) is 8.26. The highest BCUT2D eigenvalue weighted by Gasteiger charge is 2.07. The zero-order chi connectivity index (χ0) is 11.7. The molecule has 0 radical (unpaired) electrons. The van der Waals surface area contributed by atoms with E-state index in [4.69, 9.17) is 0 Å². The van der Waals surface area contributed by atoms with Gasteiger partial charge in [-0.3, -0.25) is 9.59 Å². The summed E-state index contributed by atoms with van der Waals surface area (Å²) in [5, 5.41) is 2.76. The molecule has 88 valence electrons. The molecule has 4 nitrogen and oxygen atoms in total. The molecule has 0 rings (SSSR count). The molecule has 0 heterocycles. The highest BCUT2D eigenvalue weighted by molar-refractivity contribution is 5.75. The van der Waals surface area contributed by atoms with Crippen molar-refractivity contribution in [1.29, 1.82) is 0 Å². The first-order chi connectivity index (χ1) is 7.11. The number of hydrogen-bond donors (Lipinski definition) is 1. The van der Waals surface area contributed by atoms with Crippen LogP contribution in [0.15, 0.2) is 0 Å². The van der Waals surface area contributed by atoms with Crippen LogP contribution >= 0.6 is 0 Å². The Balaban J connectivity index is 3.75. The summed E-state index contributed by atoms with van der Waals surface area (Å²) >= 11 is 0. The molecule has 0 aliphatic carbocycles. The van der Waals surface area contributed by atoms with Gasteiger partial charge in [-0.1, -0.05) is 20.3 Å². The van der Waals surface area contributed by atoms with Gasteiger partial charge < -0.3 is 10.2 Å². The lowest BCUT2D eigenvalue weighted by Gasteiger charge is -2.20. The lowest BCUT2D eigenvalue weighted by atomic mass is 10.3. The second-order valence-electron chi connectivity index (χ2n) is 3.56. The van der Waals surface area contributed by atoms with Crippen molar-refractivity contribution in [1.82, 2.24) is 10.2 Å². The predicted molar refractivity (Wildman–Crippen MR) is 60.5 cm³/mol. The SMILES string of the molecule is CCCCN(CCNC(=O)CC)C(C)=O. The molecule has 1 N–H and O–H groups in total. The Hall–Kier alpha value is -1.06. The van der Waals surface area contributed by atoms with Crippen molar-refractivity contribution in [2.24, 2.45) is 0 Å². The molecule has 15 heavy (non-hydrogen) atoms. The Bertz CT molecular complexity index is 205. The van der Waals surface area contributed by atoms with E-state index < -0.39 is 0 Å². The fraction of sp³-hybridized carbons (Fsp3) is 0.818. The van der Waals surface area contributed by atoms with Crippen molar-refractivity contribution in [2.75, 3.05) is 19.6 Å². The molecular weight excluding hydrogens is 192 g/mol. The summed E-state index contributed by atoms with van der Waals surface area (Å²) in [5.41, 5.74) is 0. The number of nitrogens with one attached hydrogen (secondary N) is 1. The van der Waals surface area contributed by atoms with Crippen LogP contribution in [0.1, 0.15) is 40.0 Å². The van der Waals surface area contributed by atoms with Crippen molar-refractivity contribution < 1.29 is 9.59 Å². The molecular formula is C11H22N2O2. The van der Waals surface area contributed by atoms with Crippen LogP contribution in [-0.4, -0.2) is 36.3 Å². The number of nitrogens with zero attached hydrogens (tertiary/aromatic N) is 1. The van der Waals surface area contributed by atoms with Crippen molar-refractivity contribution in [3.8, 4) is 0 Å². The molecule has 0 saturated carbocycles. The Labute approximate surface area is 92.0 Å². The van der Waals surface area contributed by atoms with Gasteiger partial charge in [0.1, 0.15) is 0 Å². The molecule has 0 bridgehead atoms. The number of unbranched alkanes of at least 4 members (excludes halogenated alkanes) is 1. The van der Waals surface area contributed by atoms with Gasteiger partial charge in [-0.15, -0.1) is 0 Å². The summed E-state index contributed by atoms with van der Waals surface area (Å²) in [4.78, 5) is 23.9. The van der Waals surface area contributed by atoms with Gasteiger partial charge >= 0.3 is 0 Å². The predicted octanol–water partition coefficient (Wildman–Crippen LogP) is 1.16. The van der Waals surface area contributed by atoms with E-state index in [2.05, 4.69) is 12.2 Å². The molecule has 0 fully saturated rings. The minimum absolute atomic E-state index is 0.0361. The topological polar surface area (TPSA) is 49.4 Å². The highest BCUT2D eigenvalue weighted by atomic mass is 16.2. The minimum atomic E-state index is 0.0361. The molecule has 0 aliphatic heterocycles. The van der Waals surface area contributed by atoms with Crippen molar-refractivity contribution in [3.05, 3.63) is 0 Å². The summed E-state index contributed by atoms with van der Waals surface area (Å²) in [5.74, 6) is 0.114. The van der Waals surface area contributed by atoms with Crippen LogP contribution in [0.4, 0.5) is 0 Å². The Morgan fingerprint density at radius 1 is 1.20 bits per heavy atom. The average Bonchev–Trinajstić information content (AvgIpc) is 2.22. The van der Waals surface area contributed by atoms with Crippen LogP contribution in [-0.2, 0) is 9.59 Å². The van der Waals surface area contributed by atoms with E-state index in [9.17, 15) is 9.59 Å². The Morgan fingerprint density at radius 3 is 2.33 bits per heavy atom. The summed E-state index contributed by atoms with van der Waals surface area (Å²) in [6.07, 6.45) is 2.58. The summed E-state index contributed by atoms with van der Waals surface area (Å²) in [6.45, 7) is 7.43. The standard InChI is InChI=1S/C11H22N2O2/c1-4-6-8-13(10(3)14)9-7-12-11(15)5-2/h4-9H2,1-3H3,(H,12,15). The molecule has 2 amide bonds. The maximum absolute atomic E-state index is 11.2. The van der Waals surface area contributed by atoms with Crippen LogP contribution in [0.5, 0.6) is 0 Å². The molecule has 0 aromatic carbocycles. The number of rotatable bonds is 7. The van der Waals surface area contributed by atoms with Gasteiger partial charge in [0.25, 0.3) is 0 Å². The number of hydrogen-bond acceptors (Lipinski definition) is 2. The number of carbonyl (C=O) groups excluding carboxylic acids is 2. The Morgan fingerprint density at radius 2 is 1.87 bits per heavy atom. The molecule has 0 spiro atoms. The van der Waals surface area contributed by atoms with E-state index in [0.29, 0.717) is 19.5 Å². The van der Waals surface area contributed by atoms with Crippen LogP contribution < -0.4 is 5.32 Å². The lowest BCUT2D eigenvalue weighted by molar-refractivity contribution is -0.129. The normalized spacial score (nSPS) is 9.80.